The second-order valence-electron chi connectivity index (χ2n) is 4.06. The highest BCUT2D eigenvalue weighted by molar-refractivity contribution is 4.71. The zero-order valence-electron chi connectivity index (χ0n) is 9.01. The lowest BCUT2D eigenvalue weighted by atomic mass is 9.96. The maximum absolute atomic E-state index is 5.80. The molecule has 1 atom stereocenters. The van der Waals surface area contributed by atoms with Gasteiger partial charge in [0.25, 0.3) is 0 Å². The Labute approximate surface area is 82.0 Å². The van der Waals surface area contributed by atoms with Crippen LogP contribution in [0.2, 0.25) is 0 Å². The number of hydrogen-bond acceptors (Lipinski definition) is 2. The SMILES string of the molecule is CCCCNCC(C)OC1CCC1. The van der Waals surface area contributed by atoms with Gasteiger partial charge in [0.15, 0.2) is 0 Å². The maximum atomic E-state index is 5.80. The predicted molar refractivity (Wildman–Crippen MR) is 56.0 cm³/mol. The zero-order chi connectivity index (χ0) is 9.52. The first kappa shape index (κ1) is 11.0. The van der Waals surface area contributed by atoms with Crippen LogP contribution in [-0.2, 0) is 4.74 Å². The summed E-state index contributed by atoms with van der Waals surface area (Å²) in [6.07, 6.45) is 7.42. The van der Waals surface area contributed by atoms with Crippen LogP contribution in [-0.4, -0.2) is 25.3 Å². The van der Waals surface area contributed by atoms with Crippen LogP contribution >= 0.6 is 0 Å². The second kappa shape index (κ2) is 6.39. The molecule has 2 heteroatoms. The Balaban J connectivity index is 1.87. The molecule has 1 rings (SSSR count). The molecule has 0 heterocycles. The standard InChI is InChI=1S/C11H23NO/c1-3-4-8-12-9-10(2)13-11-6-5-7-11/h10-12H,3-9H2,1-2H3. The molecule has 0 aromatic heterocycles. The van der Waals surface area contributed by atoms with Crippen molar-refractivity contribution in [3.8, 4) is 0 Å². The largest absolute Gasteiger partial charge is 0.374 e. The van der Waals surface area contributed by atoms with E-state index in [2.05, 4.69) is 19.2 Å². The topological polar surface area (TPSA) is 21.3 Å². The molecule has 0 amide bonds. The Morgan fingerprint density at radius 1 is 1.46 bits per heavy atom. The fraction of sp³-hybridized carbons (Fsp3) is 1.00. The van der Waals surface area contributed by atoms with Gasteiger partial charge in [-0.3, -0.25) is 0 Å². The van der Waals surface area contributed by atoms with E-state index in [1.807, 2.05) is 0 Å². The molecule has 0 radical (unpaired) electrons. The second-order valence-corrected chi connectivity index (χ2v) is 4.06. The minimum absolute atomic E-state index is 0.391. The lowest BCUT2D eigenvalue weighted by Gasteiger charge is -2.29. The van der Waals surface area contributed by atoms with E-state index in [1.54, 1.807) is 0 Å². The fourth-order valence-corrected chi connectivity index (χ4v) is 1.49. The lowest BCUT2D eigenvalue weighted by Crippen LogP contribution is -2.33. The average molecular weight is 185 g/mol. The summed E-state index contributed by atoms with van der Waals surface area (Å²) in [7, 11) is 0. The zero-order valence-corrected chi connectivity index (χ0v) is 9.01. The third-order valence-corrected chi connectivity index (χ3v) is 2.62. The third kappa shape index (κ3) is 4.63. The summed E-state index contributed by atoms with van der Waals surface area (Å²) in [5, 5.41) is 3.41. The molecule has 13 heavy (non-hydrogen) atoms. The quantitative estimate of drug-likeness (QED) is 0.615. The van der Waals surface area contributed by atoms with E-state index in [1.165, 1.54) is 32.1 Å². The number of nitrogens with one attached hydrogen (secondary N) is 1. The van der Waals surface area contributed by atoms with Gasteiger partial charge < -0.3 is 10.1 Å². The number of unbranched alkanes of at least 4 members (excludes halogenated alkanes) is 1. The summed E-state index contributed by atoms with van der Waals surface area (Å²) < 4.78 is 5.80. The fourth-order valence-electron chi connectivity index (χ4n) is 1.49. The lowest BCUT2D eigenvalue weighted by molar-refractivity contribution is -0.0417. The summed E-state index contributed by atoms with van der Waals surface area (Å²) >= 11 is 0. The highest BCUT2D eigenvalue weighted by Gasteiger charge is 2.19. The monoisotopic (exact) mass is 185 g/mol. The van der Waals surface area contributed by atoms with Crippen molar-refractivity contribution in [2.45, 2.75) is 58.2 Å². The van der Waals surface area contributed by atoms with E-state index in [-0.39, 0.29) is 0 Å². The van der Waals surface area contributed by atoms with Crippen molar-refractivity contribution in [1.82, 2.24) is 5.32 Å². The van der Waals surface area contributed by atoms with E-state index < -0.39 is 0 Å². The van der Waals surface area contributed by atoms with Gasteiger partial charge in [-0.05, 0) is 39.2 Å². The molecule has 0 spiro atoms. The molecule has 1 unspecified atom stereocenters. The molecule has 1 N–H and O–H groups in total. The van der Waals surface area contributed by atoms with Gasteiger partial charge in [-0.1, -0.05) is 13.3 Å². The van der Waals surface area contributed by atoms with Crippen molar-refractivity contribution in [2.75, 3.05) is 13.1 Å². The van der Waals surface area contributed by atoms with Crippen molar-refractivity contribution in [3.63, 3.8) is 0 Å². The Kier molecular flexibility index (Phi) is 5.40. The highest BCUT2D eigenvalue weighted by atomic mass is 16.5. The van der Waals surface area contributed by atoms with Crippen LogP contribution in [0.25, 0.3) is 0 Å². The van der Waals surface area contributed by atoms with Gasteiger partial charge in [0, 0.05) is 6.54 Å². The van der Waals surface area contributed by atoms with E-state index in [9.17, 15) is 0 Å². The predicted octanol–water partition coefficient (Wildman–Crippen LogP) is 2.33. The first-order valence-corrected chi connectivity index (χ1v) is 5.69. The van der Waals surface area contributed by atoms with Crippen LogP contribution in [0.1, 0.15) is 46.0 Å². The van der Waals surface area contributed by atoms with Gasteiger partial charge in [0.2, 0.25) is 0 Å². The minimum atomic E-state index is 0.391. The van der Waals surface area contributed by atoms with Gasteiger partial charge in [0.1, 0.15) is 0 Å². The summed E-state index contributed by atoms with van der Waals surface area (Å²) in [6.45, 7) is 6.53. The highest BCUT2D eigenvalue weighted by Crippen LogP contribution is 2.22. The molecule has 0 aromatic rings. The summed E-state index contributed by atoms with van der Waals surface area (Å²) in [5.41, 5.74) is 0. The van der Waals surface area contributed by atoms with Crippen molar-refractivity contribution in [2.24, 2.45) is 0 Å². The van der Waals surface area contributed by atoms with Crippen LogP contribution in [0.3, 0.4) is 0 Å². The van der Waals surface area contributed by atoms with Gasteiger partial charge in [-0.25, -0.2) is 0 Å². The Morgan fingerprint density at radius 3 is 2.77 bits per heavy atom. The molecule has 0 saturated heterocycles. The van der Waals surface area contributed by atoms with Crippen molar-refractivity contribution >= 4 is 0 Å². The van der Waals surface area contributed by atoms with Crippen LogP contribution in [0.4, 0.5) is 0 Å². The minimum Gasteiger partial charge on any atom is -0.374 e. The normalized spacial score (nSPS) is 19.8. The summed E-state index contributed by atoms with van der Waals surface area (Å²) in [6, 6.07) is 0. The average Bonchev–Trinajstić information content (AvgIpc) is 2.06. The molecule has 0 bridgehead atoms. The molecule has 1 saturated carbocycles. The first-order valence-electron chi connectivity index (χ1n) is 5.69. The summed E-state index contributed by atoms with van der Waals surface area (Å²) in [5.74, 6) is 0. The smallest absolute Gasteiger partial charge is 0.0675 e. The van der Waals surface area contributed by atoms with Crippen LogP contribution in [0.5, 0.6) is 0 Å². The molecular weight excluding hydrogens is 162 g/mol. The Morgan fingerprint density at radius 2 is 2.23 bits per heavy atom. The van der Waals surface area contributed by atoms with E-state index in [0.29, 0.717) is 12.2 Å². The molecule has 1 aliphatic rings. The van der Waals surface area contributed by atoms with Crippen LogP contribution in [0, 0.1) is 0 Å². The molecule has 78 valence electrons. The molecule has 0 aliphatic heterocycles. The van der Waals surface area contributed by atoms with Crippen LogP contribution < -0.4 is 5.32 Å². The first-order chi connectivity index (χ1) is 6.33. The van der Waals surface area contributed by atoms with Gasteiger partial charge in [-0.2, -0.15) is 0 Å². The third-order valence-electron chi connectivity index (χ3n) is 2.62. The van der Waals surface area contributed by atoms with Gasteiger partial charge >= 0.3 is 0 Å². The molecule has 0 aromatic carbocycles. The molecule has 1 aliphatic carbocycles. The maximum Gasteiger partial charge on any atom is 0.0675 e. The molecule has 1 fully saturated rings. The Hall–Kier alpha value is -0.0800. The van der Waals surface area contributed by atoms with Crippen LogP contribution in [0.15, 0.2) is 0 Å². The van der Waals surface area contributed by atoms with E-state index in [4.69, 9.17) is 4.74 Å². The van der Waals surface area contributed by atoms with Gasteiger partial charge in [0.05, 0.1) is 12.2 Å². The van der Waals surface area contributed by atoms with Crippen molar-refractivity contribution in [1.29, 1.82) is 0 Å². The number of rotatable bonds is 7. The number of ether oxygens (including phenoxy) is 1. The molecule has 2 nitrogen and oxygen atoms in total. The summed E-state index contributed by atoms with van der Waals surface area (Å²) in [4.78, 5) is 0. The van der Waals surface area contributed by atoms with E-state index in [0.717, 1.165) is 13.1 Å². The number of hydrogen-bond donors (Lipinski definition) is 1. The van der Waals surface area contributed by atoms with Crippen molar-refractivity contribution < 1.29 is 4.74 Å². The van der Waals surface area contributed by atoms with Crippen molar-refractivity contribution in [3.05, 3.63) is 0 Å². The molecular formula is C11H23NO. The Bertz CT molecular complexity index is 123. The van der Waals surface area contributed by atoms with E-state index >= 15 is 0 Å². The van der Waals surface area contributed by atoms with Gasteiger partial charge in [-0.15, -0.1) is 0 Å².